The molecule has 4 heteroatoms. The summed E-state index contributed by atoms with van der Waals surface area (Å²) in [6, 6.07) is 6.12. The highest BCUT2D eigenvalue weighted by atomic mass is 79.9. The van der Waals surface area contributed by atoms with Crippen LogP contribution in [0.1, 0.15) is 24.9 Å². The maximum Gasteiger partial charge on any atom is 0.125 e. The van der Waals surface area contributed by atoms with Crippen molar-refractivity contribution in [2.45, 2.75) is 19.4 Å². The second-order valence-electron chi connectivity index (χ2n) is 3.58. The summed E-state index contributed by atoms with van der Waals surface area (Å²) in [7, 11) is 1.90. The van der Waals surface area contributed by atoms with Gasteiger partial charge in [0.1, 0.15) is 5.75 Å². The number of alkyl halides is 1. The largest absolute Gasteiger partial charge is 0.493 e. The van der Waals surface area contributed by atoms with Crippen LogP contribution in [0.2, 0.25) is 0 Å². The molecule has 0 radical (unpaired) electrons. The lowest BCUT2D eigenvalue weighted by atomic mass is 10.1. The van der Waals surface area contributed by atoms with Gasteiger partial charge in [-0.1, -0.05) is 22.0 Å². The van der Waals surface area contributed by atoms with Gasteiger partial charge in [0.15, 0.2) is 0 Å². The maximum absolute atomic E-state index is 12.0. The van der Waals surface area contributed by atoms with Crippen LogP contribution in [0.15, 0.2) is 22.7 Å². The lowest BCUT2D eigenvalue weighted by molar-refractivity contribution is 0.285. The van der Waals surface area contributed by atoms with Crippen molar-refractivity contribution in [2.24, 2.45) is 0 Å². The molecule has 0 aromatic heterocycles. The topological polar surface area (TPSA) is 21.3 Å². The highest BCUT2D eigenvalue weighted by molar-refractivity contribution is 9.10. The van der Waals surface area contributed by atoms with Crippen LogP contribution in [0.4, 0.5) is 4.39 Å². The minimum Gasteiger partial charge on any atom is -0.493 e. The number of hydrogen-bond donors (Lipinski definition) is 1. The van der Waals surface area contributed by atoms with Crippen molar-refractivity contribution >= 4 is 15.9 Å². The molecule has 0 aliphatic heterocycles. The van der Waals surface area contributed by atoms with Gasteiger partial charge in [0.2, 0.25) is 0 Å². The molecular weight excluding hydrogens is 273 g/mol. The Hall–Kier alpha value is -0.610. The Labute approximate surface area is 104 Å². The first kappa shape index (κ1) is 13.5. The lowest BCUT2D eigenvalue weighted by Crippen LogP contribution is -2.14. The van der Waals surface area contributed by atoms with E-state index >= 15 is 0 Å². The van der Waals surface area contributed by atoms with Gasteiger partial charge in [0.25, 0.3) is 0 Å². The van der Waals surface area contributed by atoms with Crippen LogP contribution in [0.5, 0.6) is 5.75 Å². The third-order valence-corrected chi connectivity index (χ3v) is 2.90. The second kappa shape index (κ2) is 6.86. The molecule has 0 saturated heterocycles. The number of benzene rings is 1. The average Bonchev–Trinajstić information content (AvgIpc) is 2.29. The van der Waals surface area contributed by atoms with Crippen molar-refractivity contribution in [1.29, 1.82) is 0 Å². The monoisotopic (exact) mass is 289 g/mol. The predicted octanol–water partition coefficient (Wildman–Crippen LogP) is 3.47. The number of hydrogen-bond acceptors (Lipinski definition) is 2. The fourth-order valence-corrected chi connectivity index (χ4v) is 1.72. The summed E-state index contributed by atoms with van der Waals surface area (Å²) in [4.78, 5) is 0. The number of rotatable bonds is 6. The molecule has 90 valence electrons. The van der Waals surface area contributed by atoms with Gasteiger partial charge < -0.3 is 10.1 Å². The van der Waals surface area contributed by atoms with Gasteiger partial charge in [0, 0.05) is 22.5 Å². The van der Waals surface area contributed by atoms with Gasteiger partial charge in [-0.25, -0.2) is 0 Å². The smallest absolute Gasteiger partial charge is 0.125 e. The predicted molar refractivity (Wildman–Crippen MR) is 67.7 cm³/mol. The molecule has 16 heavy (non-hydrogen) atoms. The van der Waals surface area contributed by atoms with Crippen molar-refractivity contribution in [1.82, 2.24) is 5.32 Å². The Bertz CT molecular complexity index is 333. The Kier molecular flexibility index (Phi) is 5.77. The van der Waals surface area contributed by atoms with Gasteiger partial charge in [-0.05, 0) is 26.1 Å². The molecule has 0 spiro atoms. The van der Waals surface area contributed by atoms with Crippen LogP contribution in [-0.2, 0) is 0 Å². The minimum absolute atomic E-state index is 0.216. The Morgan fingerprint density at radius 2 is 2.25 bits per heavy atom. The quantitative estimate of drug-likeness (QED) is 0.810. The zero-order valence-corrected chi connectivity index (χ0v) is 11.2. The summed E-state index contributed by atoms with van der Waals surface area (Å²) in [5.74, 6) is 0.810. The first-order chi connectivity index (χ1) is 7.69. The van der Waals surface area contributed by atoms with Crippen molar-refractivity contribution in [3.05, 3.63) is 28.2 Å². The lowest BCUT2D eigenvalue weighted by Gasteiger charge is -2.16. The van der Waals surface area contributed by atoms with Crippen LogP contribution in [0, 0.1) is 0 Å². The third kappa shape index (κ3) is 3.76. The van der Waals surface area contributed by atoms with E-state index in [1.165, 1.54) is 0 Å². The highest BCUT2D eigenvalue weighted by Crippen LogP contribution is 2.28. The van der Waals surface area contributed by atoms with E-state index in [1.54, 1.807) is 0 Å². The molecular formula is C12H17BrFNO. The molecule has 0 heterocycles. The molecule has 0 saturated carbocycles. The third-order valence-electron chi connectivity index (χ3n) is 2.41. The fraction of sp³-hybridized carbons (Fsp3) is 0.500. The highest BCUT2D eigenvalue weighted by Gasteiger charge is 2.10. The summed E-state index contributed by atoms with van der Waals surface area (Å²) < 4.78 is 18.5. The van der Waals surface area contributed by atoms with Gasteiger partial charge >= 0.3 is 0 Å². The standard InChI is InChI=1S/C12H17BrFNO/c1-9(15-2)11-5-4-10(13)8-12(11)16-7-3-6-14/h4-5,8-9,15H,3,6-7H2,1-2H3. The molecule has 1 rings (SSSR count). The molecule has 0 fully saturated rings. The summed E-state index contributed by atoms with van der Waals surface area (Å²) in [5.41, 5.74) is 1.09. The van der Waals surface area contributed by atoms with E-state index in [4.69, 9.17) is 4.74 Å². The minimum atomic E-state index is -0.342. The van der Waals surface area contributed by atoms with E-state index in [9.17, 15) is 4.39 Å². The zero-order valence-electron chi connectivity index (χ0n) is 9.59. The van der Waals surface area contributed by atoms with Crippen molar-refractivity contribution < 1.29 is 9.13 Å². The van der Waals surface area contributed by atoms with E-state index in [0.29, 0.717) is 13.0 Å². The van der Waals surface area contributed by atoms with E-state index < -0.39 is 0 Å². The summed E-state index contributed by atoms with van der Waals surface area (Å²) in [5, 5.41) is 3.16. The molecule has 1 atom stereocenters. The first-order valence-electron chi connectivity index (χ1n) is 5.34. The van der Waals surface area contributed by atoms with E-state index in [1.807, 2.05) is 25.2 Å². The molecule has 1 unspecified atom stereocenters. The Morgan fingerprint density at radius 3 is 2.88 bits per heavy atom. The summed E-state index contributed by atoms with van der Waals surface area (Å²) >= 11 is 3.40. The zero-order chi connectivity index (χ0) is 12.0. The van der Waals surface area contributed by atoms with Gasteiger partial charge in [0.05, 0.1) is 13.3 Å². The number of halogens is 2. The van der Waals surface area contributed by atoms with Crippen molar-refractivity contribution in [3.63, 3.8) is 0 Å². The maximum atomic E-state index is 12.0. The average molecular weight is 290 g/mol. The van der Waals surface area contributed by atoms with Crippen LogP contribution >= 0.6 is 15.9 Å². The summed E-state index contributed by atoms with van der Waals surface area (Å²) in [6.45, 7) is 2.13. The SMILES string of the molecule is CNC(C)c1ccc(Br)cc1OCCCF. The van der Waals surface area contributed by atoms with Gasteiger partial charge in [-0.15, -0.1) is 0 Å². The van der Waals surface area contributed by atoms with E-state index in [0.717, 1.165) is 15.8 Å². The van der Waals surface area contributed by atoms with Crippen molar-refractivity contribution in [2.75, 3.05) is 20.3 Å². The van der Waals surface area contributed by atoms with Gasteiger partial charge in [-0.3, -0.25) is 4.39 Å². The molecule has 1 aromatic rings. The van der Waals surface area contributed by atoms with E-state index in [-0.39, 0.29) is 12.7 Å². The molecule has 0 aliphatic rings. The molecule has 2 nitrogen and oxygen atoms in total. The Balaban J connectivity index is 2.81. The Morgan fingerprint density at radius 1 is 1.50 bits per heavy atom. The van der Waals surface area contributed by atoms with Crippen LogP contribution < -0.4 is 10.1 Å². The second-order valence-corrected chi connectivity index (χ2v) is 4.50. The molecule has 1 N–H and O–H groups in total. The fourth-order valence-electron chi connectivity index (χ4n) is 1.38. The van der Waals surface area contributed by atoms with E-state index in [2.05, 4.69) is 28.2 Å². The molecule has 0 bridgehead atoms. The molecule has 1 aromatic carbocycles. The first-order valence-corrected chi connectivity index (χ1v) is 6.13. The molecule has 0 aliphatic carbocycles. The number of nitrogens with one attached hydrogen (secondary N) is 1. The summed E-state index contributed by atoms with van der Waals surface area (Å²) in [6.07, 6.45) is 0.430. The molecule has 0 amide bonds. The van der Waals surface area contributed by atoms with Crippen LogP contribution in [0.3, 0.4) is 0 Å². The van der Waals surface area contributed by atoms with Crippen molar-refractivity contribution in [3.8, 4) is 5.75 Å². The normalized spacial score (nSPS) is 12.5. The number of ether oxygens (including phenoxy) is 1. The van der Waals surface area contributed by atoms with Crippen LogP contribution in [0.25, 0.3) is 0 Å². The van der Waals surface area contributed by atoms with Crippen LogP contribution in [-0.4, -0.2) is 20.3 Å². The van der Waals surface area contributed by atoms with Gasteiger partial charge in [-0.2, -0.15) is 0 Å².